The minimum Gasteiger partial charge on any atom is -0.366 e. The number of hydrogen-bond acceptors (Lipinski definition) is 4. The molecule has 0 spiro atoms. The topological polar surface area (TPSA) is 77.0 Å². The zero-order valence-corrected chi connectivity index (χ0v) is 15.1. The van der Waals surface area contributed by atoms with Crippen LogP contribution in [0.4, 0.5) is 0 Å². The van der Waals surface area contributed by atoms with Crippen molar-refractivity contribution in [2.75, 3.05) is 20.1 Å². The number of nitrogens with zero attached hydrogens (tertiary/aromatic N) is 4. The van der Waals surface area contributed by atoms with Crippen LogP contribution in [0.25, 0.3) is 22.3 Å². The molecule has 134 valence electrons. The van der Waals surface area contributed by atoms with Gasteiger partial charge in [0, 0.05) is 18.6 Å². The molecular weight excluding hydrogens is 326 g/mol. The second-order valence-corrected chi connectivity index (χ2v) is 7.05. The van der Waals surface area contributed by atoms with Gasteiger partial charge in [0.05, 0.1) is 17.0 Å². The zero-order chi connectivity index (χ0) is 18.3. The Hall–Kier alpha value is -2.73. The molecule has 0 atom stereocenters. The van der Waals surface area contributed by atoms with Crippen LogP contribution in [-0.2, 0) is 7.05 Å². The number of carbonyl (C=O) groups excluding carboxylic acids is 1. The summed E-state index contributed by atoms with van der Waals surface area (Å²) in [6.45, 7) is 2.14. The highest BCUT2D eigenvalue weighted by molar-refractivity contribution is 6.09. The minimum atomic E-state index is -0.449. The van der Waals surface area contributed by atoms with Crippen LogP contribution in [0, 0.1) is 0 Å². The summed E-state index contributed by atoms with van der Waals surface area (Å²) in [5, 5.41) is 5.66. The quantitative estimate of drug-likeness (QED) is 0.788. The van der Waals surface area contributed by atoms with Gasteiger partial charge in [-0.2, -0.15) is 5.10 Å². The van der Waals surface area contributed by atoms with Crippen LogP contribution in [0.15, 0.2) is 36.5 Å². The summed E-state index contributed by atoms with van der Waals surface area (Å²) < 4.78 is 1.82. The van der Waals surface area contributed by atoms with Crippen LogP contribution < -0.4 is 5.73 Å². The van der Waals surface area contributed by atoms with Crippen molar-refractivity contribution in [3.05, 3.63) is 47.7 Å². The normalized spacial score (nSPS) is 16.2. The standard InChI is InChI=1S/C20H23N5O/c1-24-11-8-13(9-12-24)14-6-7-15(20(21)26)18-17(14)19(25(2)23-18)16-5-3-4-10-22-16/h3-7,10,13H,8-9,11-12H2,1-2H3,(H2,21,26). The number of primary amides is 1. The molecule has 4 rings (SSSR count). The van der Waals surface area contributed by atoms with Crippen LogP contribution >= 0.6 is 0 Å². The van der Waals surface area contributed by atoms with Crippen molar-refractivity contribution in [3.8, 4) is 11.4 Å². The smallest absolute Gasteiger partial charge is 0.250 e. The van der Waals surface area contributed by atoms with Gasteiger partial charge in [-0.05, 0) is 62.7 Å². The molecule has 26 heavy (non-hydrogen) atoms. The summed E-state index contributed by atoms with van der Waals surface area (Å²) in [4.78, 5) is 18.8. The first-order chi connectivity index (χ1) is 12.6. The van der Waals surface area contributed by atoms with Crippen molar-refractivity contribution in [2.24, 2.45) is 12.8 Å². The summed E-state index contributed by atoms with van der Waals surface area (Å²) in [5.41, 5.74) is 9.80. The van der Waals surface area contributed by atoms with Gasteiger partial charge >= 0.3 is 0 Å². The van der Waals surface area contributed by atoms with E-state index < -0.39 is 5.91 Å². The van der Waals surface area contributed by atoms with E-state index in [1.165, 1.54) is 5.56 Å². The Morgan fingerprint density at radius 3 is 2.58 bits per heavy atom. The number of likely N-dealkylation sites (tertiary alicyclic amines) is 1. The van der Waals surface area contributed by atoms with Gasteiger partial charge in [-0.1, -0.05) is 12.1 Å². The van der Waals surface area contributed by atoms with Crippen molar-refractivity contribution < 1.29 is 4.79 Å². The summed E-state index contributed by atoms with van der Waals surface area (Å²) in [6.07, 6.45) is 3.97. The molecule has 1 amide bonds. The monoisotopic (exact) mass is 349 g/mol. The first-order valence-electron chi connectivity index (χ1n) is 8.95. The van der Waals surface area contributed by atoms with Crippen LogP contribution in [0.1, 0.15) is 34.7 Å². The third-order valence-corrected chi connectivity index (χ3v) is 5.35. The summed E-state index contributed by atoms with van der Waals surface area (Å²) in [7, 11) is 4.05. The van der Waals surface area contributed by atoms with Gasteiger partial charge in [0.15, 0.2) is 0 Å². The first-order valence-corrected chi connectivity index (χ1v) is 8.95. The van der Waals surface area contributed by atoms with E-state index in [-0.39, 0.29) is 0 Å². The molecule has 0 unspecified atom stereocenters. The fraction of sp³-hybridized carbons (Fsp3) is 0.350. The highest BCUT2D eigenvalue weighted by atomic mass is 16.1. The Morgan fingerprint density at radius 1 is 1.15 bits per heavy atom. The van der Waals surface area contributed by atoms with Crippen molar-refractivity contribution in [1.29, 1.82) is 0 Å². The Bertz CT molecular complexity index is 955. The number of amides is 1. The molecule has 0 aliphatic carbocycles. The van der Waals surface area contributed by atoms with Gasteiger partial charge in [0.1, 0.15) is 5.52 Å². The van der Waals surface area contributed by atoms with E-state index in [4.69, 9.17) is 5.73 Å². The maximum atomic E-state index is 12.0. The van der Waals surface area contributed by atoms with E-state index in [0.717, 1.165) is 42.7 Å². The molecule has 6 nitrogen and oxygen atoms in total. The molecular formula is C20H23N5O. The number of carbonyl (C=O) groups is 1. The third-order valence-electron chi connectivity index (χ3n) is 5.35. The SMILES string of the molecule is CN1CCC(c2ccc(C(N)=O)c3nn(C)c(-c4ccccn4)c23)CC1. The summed E-state index contributed by atoms with van der Waals surface area (Å²) in [5.74, 6) is -0.00196. The van der Waals surface area contributed by atoms with Crippen molar-refractivity contribution >= 4 is 16.8 Å². The lowest BCUT2D eigenvalue weighted by Crippen LogP contribution is -2.29. The number of aromatic nitrogens is 3. The Balaban J connectivity index is 1.97. The van der Waals surface area contributed by atoms with Gasteiger partial charge in [-0.3, -0.25) is 14.5 Å². The summed E-state index contributed by atoms with van der Waals surface area (Å²) >= 11 is 0. The molecule has 1 saturated heterocycles. The number of pyridine rings is 1. The third kappa shape index (κ3) is 2.76. The van der Waals surface area contributed by atoms with Gasteiger partial charge in [0.25, 0.3) is 5.91 Å². The minimum absolute atomic E-state index is 0.447. The fourth-order valence-corrected chi connectivity index (χ4v) is 3.98. The van der Waals surface area contributed by atoms with Crippen molar-refractivity contribution in [3.63, 3.8) is 0 Å². The average molecular weight is 349 g/mol. The van der Waals surface area contributed by atoms with Gasteiger partial charge in [0.2, 0.25) is 0 Å². The van der Waals surface area contributed by atoms with Gasteiger partial charge in [-0.15, -0.1) is 0 Å². The highest BCUT2D eigenvalue weighted by Gasteiger charge is 2.26. The van der Waals surface area contributed by atoms with E-state index in [9.17, 15) is 4.79 Å². The molecule has 3 aromatic rings. The number of benzene rings is 1. The van der Waals surface area contributed by atoms with Crippen LogP contribution in [0.5, 0.6) is 0 Å². The van der Waals surface area contributed by atoms with Crippen molar-refractivity contribution in [2.45, 2.75) is 18.8 Å². The number of nitrogens with two attached hydrogens (primary N) is 1. The Labute approximate surface area is 152 Å². The highest BCUT2D eigenvalue weighted by Crippen LogP contribution is 2.38. The first kappa shape index (κ1) is 16.7. The predicted molar refractivity (Wildman–Crippen MR) is 102 cm³/mol. The van der Waals surface area contributed by atoms with Crippen molar-refractivity contribution in [1.82, 2.24) is 19.7 Å². The molecule has 1 fully saturated rings. The number of piperidine rings is 1. The van der Waals surface area contributed by atoms with E-state index in [0.29, 0.717) is 17.0 Å². The lowest BCUT2D eigenvalue weighted by Gasteiger charge is -2.29. The maximum absolute atomic E-state index is 12.0. The largest absolute Gasteiger partial charge is 0.366 e. The van der Waals surface area contributed by atoms with E-state index in [2.05, 4.69) is 28.1 Å². The molecule has 0 saturated carbocycles. The number of rotatable bonds is 3. The fourth-order valence-electron chi connectivity index (χ4n) is 3.98. The second-order valence-electron chi connectivity index (χ2n) is 7.05. The molecule has 1 aliphatic rings. The number of fused-ring (bicyclic) bond motifs is 1. The van der Waals surface area contributed by atoms with E-state index in [1.54, 1.807) is 6.20 Å². The van der Waals surface area contributed by atoms with Crippen LogP contribution in [0.3, 0.4) is 0 Å². The lowest BCUT2D eigenvalue weighted by molar-refractivity contribution is 0.100. The average Bonchev–Trinajstić information content (AvgIpc) is 2.99. The maximum Gasteiger partial charge on any atom is 0.250 e. The molecule has 6 heteroatoms. The molecule has 1 aromatic carbocycles. The molecule has 2 aromatic heterocycles. The number of hydrogen-bond donors (Lipinski definition) is 1. The second kappa shape index (κ2) is 6.53. The molecule has 0 radical (unpaired) electrons. The Kier molecular flexibility index (Phi) is 4.20. The Morgan fingerprint density at radius 2 is 1.92 bits per heavy atom. The molecule has 0 bridgehead atoms. The molecule has 1 aliphatic heterocycles. The summed E-state index contributed by atoms with van der Waals surface area (Å²) in [6, 6.07) is 9.73. The zero-order valence-electron chi connectivity index (χ0n) is 15.1. The lowest BCUT2D eigenvalue weighted by atomic mass is 9.86. The number of aryl methyl sites for hydroxylation is 1. The van der Waals surface area contributed by atoms with E-state index >= 15 is 0 Å². The van der Waals surface area contributed by atoms with E-state index in [1.807, 2.05) is 36.0 Å². The predicted octanol–water partition coefficient (Wildman–Crippen LogP) is 2.54. The molecule has 2 N–H and O–H groups in total. The van der Waals surface area contributed by atoms with Gasteiger partial charge < -0.3 is 10.6 Å². The van der Waals surface area contributed by atoms with Gasteiger partial charge in [-0.25, -0.2) is 0 Å². The van der Waals surface area contributed by atoms with Crippen LogP contribution in [-0.4, -0.2) is 45.7 Å². The van der Waals surface area contributed by atoms with Crippen LogP contribution in [0.2, 0.25) is 0 Å². The molecule has 3 heterocycles.